The number of aromatic amines is 1. The second kappa shape index (κ2) is 8.27. The molecule has 3 N–H and O–H groups in total. The van der Waals surface area contributed by atoms with Gasteiger partial charge in [0.05, 0.1) is 19.7 Å². The third-order valence-corrected chi connectivity index (χ3v) is 5.09. The summed E-state index contributed by atoms with van der Waals surface area (Å²) in [5, 5.41) is 3.78. The molecule has 1 unspecified atom stereocenters. The van der Waals surface area contributed by atoms with Crippen LogP contribution in [0.4, 0.5) is 5.69 Å². The SMILES string of the molecule is COc1ccc(NC(=O)C[NH+](C)[C@H](C)C(=O)c2c(C)[nH]c3ccccc23)cc1. The van der Waals surface area contributed by atoms with Gasteiger partial charge in [-0.3, -0.25) is 9.59 Å². The molecule has 0 aliphatic carbocycles. The first kappa shape index (κ1) is 19.6. The number of quaternary nitrogens is 1. The molecule has 0 saturated heterocycles. The van der Waals surface area contributed by atoms with Crippen molar-refractivity contribution < 1.29 is 19.2 Å². The zero-order valence-corrected chi connectivity index (χ0v) is 16.6. The number of carbonyl (C=O) groups excluding carboxylic acids is 2. The summed E-state index contributed by atoms with van der Waals surface area (Å²) >= 11 is 0. The second-order valence-corrected chi connectivity index (χ2v) is 7.06. The van der Waals surface area contributed by atoms with Crippen LogP contribution in [0.2, 0.25) is 0 Å². The lowest BCUT2D eigenvalue weighted by Crippen LogP contribution is -3.14. The van der Waals surface area contributed by atoms with Gasteiger partial charge in [-0.25, -0.2) is 0 Å². The zero-order valence-electron chi connectivity index (χ0n) is 16.6. The topological polar surface area (TPSA) is 75.6 Å². The number of amides is 1. The van der Waals surface area contributed by atoms with E-state index in [2.05, 4.69) is 10.3 Å². The molecule has 0 saturated carbocycles. The fraction of sp³-hybridized carbons (Fsp3) is 0.273. The van der Waals surface area contributed by atoms with Crippen LogP contribution in [-0.4, -0.2) is 43.4 Å². The van der Waals surface area contributed by atoms with Crippen molar-refractivity contribution in [2.24, 2.45) is 0 Å². The number of Topliss-reactive ketones (excluding diaryl/α,β-unsaturated/α-hetero) is 1. The van der Waals surface area contributed by atoms with E-state index in [1.165, 1.54) is 0 Å². The molecule has 6 nitrogen and oxygen atoms in total. The lowest BCUT2D eigenvalue weighted by atomic mass is 10.0. The second-order valence-electron chi connectivity index (χ2n) is 7.06. The van der Waals surface area contributed by atoms with Gasteiger partial charge in [0, 0.05) is 22.3 Å². The van der Waals surface area contributed by atoms with Crippen LogP contribution in [0.15, 0.2) is 48.5 Å². The molecule has 6 heteroatoms. The number of rotatable bonds is 7. The Labute approximate surface area is 164 Å². The molecule has 2 aromatic carbocycles. The minimum atomic E-state index is -0.348. The van der Waals surface area contributed by atoms with E-state index in [0.717, 1.165) is 27.2 Å². The van der Waals surface area contributed by atoms with Crippen molar-refractivity contribution in [3.63, 3.8) is 0 Å². The minimum absolute atomic E-state index is 0.0321. The van der Waals surface area contributed by atoms with E-state index in [-0.39, 0.29) is 24.3 Å². The molecule has 0 aliphatic heterocycles. The maximum atomic E-state index is 13.1. The third-order valence-electron chi connectivity index (χ3n) is 5.09. The van der Waals surface area contributed by atoms with Crippen molar-refractivity contribution in [3.8, 4) is 5.75 Å². The number of hydrogen-bond acceptors (Lipinski definition) is 3. The van der Waals surface area contributed by atoms with Crippen molar-refractivity contribution in [1.82, 2.24) is 4.98 Å². The predicted octanol–water partition coefficient (Wildman–Crippen LogP) is 2.21. The summed E-state index contributed by atoms with van der Waals surface area (Å²) in [5.41, 5.74) is 3.21. The smallest absolute Gasteiger partial charge is 0.279 e. The van der Waals surface area contributed by atoms with Crippen LogP contribution in [0.1, 0.15) is 23.0 Å². The molecule has 146 valence electrons. The maximum absolute atomic E-state index is 13.1. The Morgan fingerprint density at radius 3 is 2.50 bits per heavy atom. The van der Waals surface area contributed by atoms with Gasteiger partial charge in [0.25, 0.3) is 5.91 Å². The molecule has 1 amide bonds. The number of ether oxygens (including phenoxy) is 1. The number of ketones is 1. The molecule has 0 spiro atoms. The Bertz CT molecular complexity index is 992. The number of para-hydroxylation sites is 1. The van der Waals surface area contributed by atoms with Crippen LogP contribution >= 0.6 is 0 Å². The predicted molar refractivity (Wildman–Crippen MR) is 110 cm³/mol. The Morgan fingerprint density at radius 1 is 1.14 bits per heavy atom. The fourth-order valence-corrected chi connectivity index (χ4v) is 3.32. The molecular formula is C22H26N3O3+. The van der Waals surface area contributed by atoms with Crippen molar-refractivity contribution in [2.75, 3.05) is 26.0 Å². The molecule has 0 radical (unpaired) electrons. The van der Waals surface area contributed by atoms with Gasteiger partial charge in [-0.1, -0.05) is 18.2 Å². The zero-order chi connectivity index (χ0) is 20.3. The molecule has 28 heavy (non-hydrogen) atoms. The van der Waals surface area contributed by atoms with Crippen LogP contribution < -0.4 is 15.0 Å². The average Bonchev–Trinajstić information content (AvgIpc) is 3.02. The largest absolute Gasteiger partial charge is 0.497 e. The molecule has 3 rings (SSSR count). The number of aromatic nitrogens is 1. The molecule has 2 atom stereocenters. The molecule has 0 aliphatic rings. The van der Waals surface area contributed by atoms with Gasteiger partial charge in [-0.05, 0) is 44.2 Å². The molecule has 1 aromatic heterocycles. The van der Waals surface area contributed by atoms with Crippen molar-refractivity contribution in [2.45, 2.75) is 19.9 Å². The first-order valence-electron chi connectivity index (χ1n) is 9.28. The normalized spacial score (nSPS) is 13.1. The van der Waals surface area contributed by atoms with Crippen molar-refractivity contribution in [1.29, 1.82) is 0 Å². The number of carbonyl (C=O) groups is 2. The first-order valence-corrected chi connectivity index (χ1v) is 9.28. The third kappa shape index (κ3) is 4.07. The van der Waals surface area contributed by atoms with E-state index >= 15 is 0 Å². The Morgan fingerprint density at radius 2 is 1.82 bits per heavy atom. The minimum Gasteiger partial charge on any atom is -0.497 e. The van der Waals surface area contributed by atoms with Crippen LogP contribution in [0.5, 0.6) is 5.75 Å². The van der Waals surface area contributed by atoms with E-state index in [4.69, 9.17) is 4.74 Å². The van der Waals surface area contributed by atoms with Gasteiger partial charge >= 0.3 is 0 Å². The molecule has 0 fully saturated rings. The molecular weight excluding hydrogens is 354 g/mol. The summed E-state index contributed by atoms with van der Waals surface area (Å²) in [7, 11) is 3.46. The number of hydrogen-bond donors (Lipinski definition) is 3. The first-order chi connectivity index (χ1) is 13.4. The highest BCUT2D eigenvalue weighted by Gasteiger charge is 2.28. The Kier molecular flexibility index (Phi) is 5.80. The van der Waals surface area contributed by atoms with Gasteiger partial charge < -0.3 is 19.9 Å². The van der Waals surface area contributed by atoms with E-state index in [0.29, 0.717) is 11.3 Å². The van der Waals surface area contributed by atoms with Crippen molar-refractivity contribution >= 4 is 28.3 Å². The van der Waals surface area contributed by atoms with Crippen LogP contribution in [-0.2, 0) is 4.79 Å². The number of aryl methyl sites for hydroxylation is 1. The summed E-state index contributed by atoms with van der Waals surface area (Å²) in [6, 6.07) is 14.6. The van der Waals surface area contributed by atoms with Gasteiger partial charge in [-0.2, -0.15) is 0 Å². The Balaban J connectivity index is 1.67. The van der Waals surface area contributed by atoms with Gasteiger partial charge in [0.15, 0.2) is 6.54 Å². The summed E-state index contributed by atoms with van der Waals surface area (Å²) in [6.07, 6.45) is 0. The average molecular weight is 380 g/mol. The van der Waals surface area contributed by atoms with Gasteiger partial charge in [0.1, 0.15) is 11.8 Å². The summed E-state index contributed by atoms with van der Waals surface area (Å²) < 4.78 is 5.12. The standard InChI is InChI=1S/C22H25N3O3/c1-14-21(18-7-5-6-8-19(18)23-14)22(27)15(2)25(3)13-20(26)24-16-9-11-17(28-4)12-10-16/h5-12,15,23H,13H2,1-4H3,(H,24,26)/p+1/t15-/m1/s1. The van der Waals surface area contributed by atoms with E-state index in [9.17, 15) is 9.59 Å². The highest BCUT2D eigenvalue weighted by Crippen LogP contribution is 2.22. The van der Waals surface area contributed by atoms with Crippen LogP contribution in [0.25, 0.3) is 10.9 Å². The quantitative estimate of drug-likeness (QED) is 0.550. The molecule has 0 bridgehead atoms. The summed E-state index contributed by atoms with van der Waals surface area (Å²) in [4.78, 5) is 29.6. The lowest BCUT2D eigenvalue weighted by molar-refractivity contribution is -0.885. The Hall–Kier alpha value is -3.12. The number of likely N-dealkylation sites (N-methyl/N-ethyl adjacent to an activating group) is 1. The van der Waals surface area contributed by atoms with E-state index < -0.39 is 0 Å². The highest BCUT2D eigenvalue weighted by molar-refractivity contribution is 6.11. The number of H-pyrrole nitrogens is 1. The maximum Gasteiger partial charge on any atom is 0.279 e. The number of benzene rings is 2. The monoisotopic (exact) mass is 380 g/mol. The lowest BCUT2D eigenvalue weighted by Gasteiger charge is -2.20. The molecule has 1 heterocycles. The molecule has 3 aromatic rings. The summed E-state index contributed by atoms with van der Waals surface area (Å²) in [6.45, 7) is 3.96. The van der Waals surface area contributed by atoms with Gasteiger partial charge in [-0.15, -0.1) is 0 Å². The number of anilines is 1. The number of nitrogens with one attached hydrogen (secondary N) is 3. The van der Waals surface area contributed by atoms with Crippen LogP contribution in [0, 0.1) is 6.92 Å². The highest BCUT2D eigenvalue weighted by atomic mass is 16.5. The van der Waals surface area contributed by atoms with Gasteiger partial charge in [0.2, 0.25) is 5.78 Å². The van der Waals surface area contributed by atoms with Crippen LogP contribution in [0.3, 0.4) is 0 Å². The van der Waals surface area contributed by atoms with Crippen molar-refractivity contribution in [3.05, 3.63) is 59.8 Å². The number of fused-ring (bicyclic) bond motifs is 1. The van der Waals surface area contributed by atoms with E-state index in [1.54, 1.807) is 31.4 Å². The number of methoxy groups -OCH3 is 1. The fourth-order valence-electron chi connectivity index (χ4n) is 3.32. The summed E-state index contributed by atoms with van der Waals surface area (Å²) in [5.74, 6) is 0.622. The van der Waals surface area contributed by atoms with E-state index in [1.807, 2.05) is 45.2 Å².